The van der Waals surface area contributed by atoms with Gasteiger partial charge in [0.05, 0.1) is 23.4 Å². The molecule has 0 radical (unpaired) electrons. The molecule has 144 valence electrons. The van der Waals surface area contributed by atoms with Gasteiger partial charge in [-0.25, -0.2) is 4.68 Å². The number of piperidine rings is 1. The van der Waals surface area contributed by atoms with E-state index in [0.717, 1.165) is 16.9 Å². The predicted molar refractivity (Wildman–Crippen MR) is 87.2 cm³/mol. The van der Waals surface area contributed by atoms with E-state index in [-0.39, 0.29) is 24.0 Å². The maximum atomic E-state index is 13.2. The summed E-state index contributed by atoms with van der Waals surface area (Å²) in [5.74, 6) is -2.21. The third-order valence-corrected chi connectivity index (χ3v) is 4.66. The molecule has 0 aliphatic carbocycles. The SMILES string of the molecule is CC1CCC(C(=O)O)CN1C(=O)c1cn(-c2ccccc2C(F)(F)F)nn1. The highest BCUT2D eigenvalue weighted by molar-refractivity contribution is 5.92. The minimum absolute atomic E-state index is 0.0291. The zero-order valence-electron chi connectivity index (χ0n) is 14.3. The van der Waals surface area contributed by atoms with Crippen molar-refractivity contribution in [2.45, 2.75) is 32.0 Å². The molecule has 0 saturated carbocycles. The number of alkyl halides is 3. The summed E-state index contributed by atoms with van der Waals surface area (Å²) in [6.45, 7) is 1.82. The van der Waals surface area contributed by atoms with Crippen molar-refractivity contribution in [2.24, 2.45) is 5.92 Å². The Bertz CT molecular complexity index is 865. The van der Waals surface area contributed by atoms with E-state index < -0.39 is 29.5 Å². The monoisotopic (exact) mass is 382 g/mol. The Morgan fingerprint density at radius 3 is 2.59 bits per heavy atom. The minimum atomic E-state index is -4.58. The number of likely N-dealkylation sites (tertiary alicyclic amines) is 1. The number of carbonyl (C=O) groups excluding carboxylic acids is 1. The first kappa shape index (κ1) is 18.9. The van der Waals surface area contributed by atoms with Gasteiger partial charge in [0.25, 0.3) is 5.91 Å². The third-order valence-electron chi connectivity index (χ3n) is 4.66. The van der Waals surface area contributed by atoms with E-state index in [0.29, 0.717) is 12.8 Å². The maximum Gasteiger partial charge on any atom is 0.418 e. The average molecular weight is 382 g/mol. The second-order valence-corrected chi connectivity index (χ2v) is 6.48. The van der Waals surface area contributed by atoms with Crippen LogP contribution in [0.2, 0.25) is 0 Å². The Balaban J connectivity index is 1.88. The number of benzene rings is 1. The average Bonchev–Trinajstić information content (AvgIpc) is 3.10. The van der Waals surface area contributed by atoms with Gasteiger partial charge in [0, 0.05) is 12.6 Å². The molecule has 2 aromatic rings. The van der Waals surface area contributed by atoms with Gasteiger partial charge in [-0.15, -0.1) is 5.10 Å². The molecular formula is C17H17F3N4O3. The molecule has 2 heterocycles. The third kappa shape index (κ3) is 3.79. The highest BCUT2D eigenvalue weighted by Crippen LogP contribution is 2.33. The highest BCUT2D eigenvalue weighted by atomic mass is 19.4. The Morgan fingerprint density at radius 1 is 1.22 bits per heavy atom. The normalized spacial score (nSPS) is 20.5. The van der Waals surface area contributed by atoms with Gasteiger partial charge in [-0.2, -0.15) is 13.2 Å². The zero-order valence-corrected chi connectivity index (χ0v) is 14.3. The van der Waals surface area contributed by atoms with Gasteiger partial charge in [-0.3, -0.25) is 9.59 Å². The molecule has 7 nitrogen and oxygen atoms in total. The van der Waals surface area contributed by atoms with Gasteiger partial charge in [0.1, 0.15) is 0 Å². The van der Waals surface area contributed by atoms with E-state index in [1.807, 2.05) is 0 Å². The van der Waals surface area contributed by atoms with Gasteiger partial charge in [0.2, 0.25) is 0 Å². The van der Waals surface area contributed by atoms with E-state index >= 15 is 0 Å². The number of halogens is 3. The number of para-hydroxylation sites is 1. The van der Waals surface area contributed by atoms with Crippen molar-refractivity contribution in [1.82, 2.24) is 19.9 Å². The number of carboxylic acids is 1. The summed E-state index contributed by atoms with van der Waals surface area (Å²) in [7, 11) is 0. The molecule has 0 bridgehead atoms. The van der Waals surface area contributed by atoms with E-state index in [4.69, 9.17) is 0 Å². The first-order valence-corrected chi connectivity index (χ1v) is 8.31. The molecule has 1 aromatic carbocycles. The van der Waals surface area contributed by atoms with E-state index in [2.05, 4.69) is 10.3 Å². The van der Waals surface area contributed by atoms with Crippen LogP contribution in [0.3, 0.4) is 0 Å². The first-order valence-electron chi connectivity index (χ1n) is 8.31. The second-order valence-electron chi connectivity index (χ2n) is 6.48. The molecule has 1 aliphatic heterocycles. The first-order chi connectivity index (χ1) is 12.7. The van der Waals surface area contributed by atoms with Crippen molar-refractivity contribution in [1.29, 1.82) is 0 Å². The summed E-state index contributed by atoms with van der Waals surface area (Å²) < 4.78 is 40.4. The molecule has 1 fully saturated rings. The van der Waals surface area contributed by atoms with Crippen LogP contribution in [0.15, 0.2) is 30.5 Å². The number of hydrogen-bond acceptors (Lipinski definition) is 4. The molecule has 27 heavy (non-hydrogen) atoms. The largest absolute Gasteiger partial charge is 0.481 e. The molecule has 1 amide bonds. The van der Waals surface area contributed by atoms with Crippen LogP contribution >= 0.6 is 0 Å². The number of hydrogen-bond donors (Lipinski definition) is 1. The van der Waals surface area contributed by atoms with E-state index in [1.165, 1.54) is 23.1 Å². The summed E-state index contributed by atoms with van der Waals surface area (Å²) in [6.07, 6.45) is -2.47. The van der Waals surface area contributed by atoms with Crippen molar-refractivity contribution in [3.63, 3.8) is 0 Å². The van der Waals surface area contributed by atoms with Crippen molar-refractivity contribution in [3.05, 3.63) is 41.7 Å². The number of rotatable bonds is 3. The van der Waals surface area contributed by atoms with Crippen molar-refractivity contribution >= 4 is 11.9 Å². The molecule has 1 saturated heterocycles. The quantitative estimate of drug-likeness (QED) is 0.882. The molecule has 3 rings (SSSR count). The summed E-state index contributed by atoms with van der Waals surface area (Å²) in [4.78, 5) is 25.3. The second kappa shape index (κ2) is 7.01. The Hall–Kier alpha value is -2.91. The lowest BCUT2D eigenvalue weighted by atomic mass is 9.93. The fourth-order valence-electron chi connectivity index (χ4n) is 3.13. The molecule has 1 aromatic heterocycles. The fraction of sp³-hybridized carbons (Fsp3) is 0.412. The lowest BCUT2D eigenvalue weighted by Gasteiger charge is -2.35. The van der Waals surface area contributed by atoms with E-state index in [9.17, 15) is 27.9 Å². The molecule has 2 unspecified atom stereocenters. The van der Waals surface area contributed by atoms with Crippen molar-refractivity contribution < 1.29 is 27.9 Å². The molecule has 10 heteroatoms. The molecule has 1 N–H and O–H groups in total. The van der Waals surface area contributed by atoms with Crippen molar-refractivity contribution in [3.8, 4) is 5.69 Å². The molecule has 0 spiro atoms. The molecule has 2 atom stereocenters. The zero-order chi connectivity index (χ0) is 19.8. The summed E-state index contributed by atoms with van der Waals surface area (Å²) in [5.41, 5.74) is -1.28. The number of carbonyl (C=O) groups is 2. The standard InChI is InChI=1S/C17H17F3N4O3/c1-10-6-7-11(16(26)27)8-23(10)15(25)13-9-24(22-21-13)14-5-3-2-4-12(14)17(18,19)20/h2-5,9-11H,6-8H2,1H3,(H,26,27). The Labute approximate surface area is 152 Å². The van der Waals surface area contributed by atoms with Crippen LogP contribution in [-0.2, 0) is 11.0 Å². The Morgan fingerprint density at radius 2 is 1.93 bits per heavy atom. The minimum Gasteiger partial charge on any atom is -0.481 e. The number of aliphatic carboxylic acids is 1. The van der Waals surface area contributed by atoms with Crippen LogP contribution in [0.5, 0.6) is 0 Å². The summed E-state index contributed by atoms with van der Waals surface area (Å²) in [5, 5.41) is 16.5. The van der Waals surface area contributed by atoms with Crippen LogP contribution in [0.25, 0.3) is 5.69 Å². The summed E-state index contributed by atoms with van der Waals surface area (Å²) >= 11 is 0. The molecular weight excluding hydrogens is 365 g/mol. The number of aromatic nitrogens is 3. The summed E-state index contributed by atoms with van der Waals surface area (Å²) in [6, 6.07) is 4.65. The van der Waals surface area contributed by atoms with Crippen LogP contribution in [0, 0.1) is 5.92 Å². The maximum absolute atomic E-state index is 13.2. The van der Waals surface area contributed by atoms with Gasteiger partial charge < -0.3 is 10.0 Å². The van der Waals surface area contributed by atoms with Crippen LogP contribution in [0.1, 0.15) is 35.8 Å². The van der Waals surface area contributed by atoms with Crippen LogP contribution < -0.4 is 0 Å². The van der Waals surface area contributed by atoms with Gasteiger partial charge in [-0.05, 0) is 31.9 Å². The van der Waals surface area contributed by atoms with Crippen LogP contribution in [0.4, 0.5) is 13.2 Å². The van der Waals surface area contributed by atoms with Gasteiger partial charge >= 0.3 is 12.1 Å². The fourth-order valence-corrected chi connectivity index (χ4v) is 3.13. The van der Waals surface area contributed by atoms with Crippen LogP contribution in [-0.4, -0.2) is 49.5 Å². The van der Waals surface area contributed by atoms with Crippen molar-refractivity contribution in [2.75, 3.05) is 6.54 Å². The topological polar surface area (TPSA) is 88.3 Å². The smallest absolute Gasteiger partial charge is 0.418 e. The number of carboxylic acid groups (broad SMARTS) is 1. The lowest BCUT2D eigenvalue weighted by Crippen LogP contribution is -2.47. The van der Waals surface area contributed by atoms with Gasteiger partial charge in [-0.1, -0.05) is 17.3 Å². The van der Waals surface area contributed by atoms with E-state index in [1.54, 1.807) is 6.92 Å². The predicted octanol–water partition coefficient (Wildman–Crippen LogP) is 2.61. The number of nitrogens with zero attached hydrogens (tertiary/aromatic N) is 4. The number of amides is 1. The van der Waals surface area contributed by atoms with Gasteiger partial charge in [0.15, 0.2) is 5.69 Å². The highest BCUT2D eigenvalue weighted by Gasteiger charge is 2.36. The Kier molecular flexibility index (Phi) is 4.90. The lowest BCUT2D eigenvalue weighted by molar-refractivity contribution is -0.143. The molecule has 1 aliphatic rings.